The average Bonchev–Trinajstić information content (AvgIpc) is 3.06. The Balaban J connectivity index is 1.89. The van der Waals surface area contributed by atoms with Gasteiger partial charge in [-0.2, -0.15) is 5.26 Å². The number of nitrogens with zero attached hydrogens (tertiary/aromatic N) is 3. The van der Waals surface area contributed by atoms with E-state index in [-0.39, 0.29) is 17.9 Å². The van der Waals surface area contributed by atoms with Crippen molar-refractivity contribution in [2.75, 3.05) is 26.2 Å². The molecule has 0 aliphatic carbocycles. The number of likely N-dealkylation sites (tertiary alicyclic amines) is 2. The van der Waals surface area contributed by atoms with Crippen LogP contribution in [-0.4, -0.2) is 59.9 Å². The molecule has 1 N–H and O–H groups in total. The lowest BCUT2D eigenvalue weighted by molar-refractivity contribution is -0.130. The second-order valence-electron chi connectivity index (χ2n) is 5.86. The molecule has 2 heterocycles. The van der Waals surface area contributed by atoms with Gasteiger partial charge in [-0.05, 0) is 32.2 Å². The number of nitriles is 1. The van der Waals surface area contributed by atoms with Crippen molar-refractivity contribution >= 4 is 11.8 Å². The Morgan fingerprint density at radius 2 is 1.95 bits per heavy atom. The van der Waals surface area contributed by atoms with E-state index < -0.39 is 0 Å². The zero-order valence-electron chi connectivity index (χ0n) is 12.7. The van der Waals surface area contributed by atoms with Crippen LogP contribution < -0.4 is 5.32 Å². The molecule has 0 saturated carbocycles. The highest BCUT2D eigenvalue weighted by Gasteiger charge is 2.39. The van der Waals surface area contributed by atoms with Gasteiger partial charge < -0.3 is 10.2 Å². The molecule has 0 spiro atoms. The summed E-state index contributed by atoms with van der Waals surface area (Å²) in [7, 11) is 0. The van der Waals surface area contributed by atoms with Gasteiger partial charge in [0.1, 0.15) is 0 Å². The second-order valence-corrected chi connectivity index (χ2v) is 5.86. The Bertz CT molecular complexity index is 432. The van der Waals surface area contributed by atoms with Crippen molar-refractivity contribution in [2.24, 2.45) is 0 Å². The molecule has 0 aromatic heterocycles. The normalized spacial score (nSPS) is 25.8. The van der Waals surface area contributed by atoms with Crippen LogP contribution in [0.5, 0.6) is 0 Å². The summed E-state index contributed by atoms with van der Waals surface area (Å²) in [5, 5.41) is 11.3. The van der Waals surface area contributed by atoms with Gasteiger partial charge in [0.25, 0.3) is 0 Å². The van der Waals surface area contributed by atoms with Gasteiger partial charge in [-0.25, -0.2) is 0 Å². The third-order valence-electron chi connectivity index (χ3n) is 4.47. The van der Waals surface area contributed by atoms with Crippen molar-refractivity contribution in [3.63, 3.8) is 0 Å². The standard InChI is InChI=1S/C15H24N4O2/c1-12(20)19-10-3-6-14(19)13-5-2-9-18(13)11-15(21)17-8-4-7-16/h13-14H,2-6,8-11H2,1H3,(H,17,21)/t13-,14-/m0/s1. The molecular weight excluding hydrogens is 268 g/mol. The van der Waals surface area contributed by atoms with Crippen LogP contribution in [-0.2, 0) is 9.59 Å². The van der Waals surface area contributed by atoms with Crippen molar-refractivity contribution in [2.45, 2.75) is 51.1 Å². The molecule has 0 unspecified atom stereocenters. The molecule has 2 saturated heterocycles. The molecule has 2 atom stereocenters. The molecular formula is C15H24N4O2. The summed E-state index contributed by atoms with van der Waals surface area (Å²) in [5.41, 5.74) is 0. The maximum Gasteiger partial charge on any atom is 0.234 e. The van der Waals surface area contributed by atoms with E-state index in [9.17, 15) is 9.59 Å². The molecule has 0 radical (unpaired) electrons. The number of carbonyl (C=O) groups excluding carboxylic acids is 2. The maximum atomic E-state index is 11.9. The van der Waals surface area contributed by atoms with Gasteiger partial charge in [0.2, 0.25) is 11.8 Å². The lowest BCUT2D eigenvalue weighted by Gasteiger charge is -2.34. The van der Waals surface area contributed by atoms with Crippen LogP contribution in [0.25, 0.3) is 0 Å². The van der Waals surface area contributed by atoms with Crippen molar-refractivity contribution in [1.82, 2.24) is 15.1 Å². The van der Waals surface area contributed by atoms with E-state index in [2.05, 4.69) is 10.2 Å². The van der Waals surface area contributed by atoms with Crippen LogP contribution in [0.3, 0.4) is 0 Å². The molecule has 0 aromatic rings. The quantitative estimate of drug-likeness (QED) is 0.748. The fourth-order valence-corrected chi connectivity index (χ4v) is 3.57. The van der Waals surface area contributed by atoms with Gasteiger partial charge in [0, 0.05) is 32.1 Å². The molecule has 2 rings (SSSR count). The van der Waals surface area contributed by atoms with E-state index >= 15 is 0 Å². The summed E-state index contributed by atoms with van der Waals surface area (Å²) in [5.74, 6) is 0.118. The summed E-state index contributed by atoms with van der Waals surface area (Å²) in [6.45, 7) is 4.18. The Morgan fingerprint density at radius 3 is 2.67 bits per heavy atom. The highest BCUT2D eigenvalue weighted by molar-refractivity contribution is 5.78. The van der Waals surface area contributed by atoms with E-state index in [4.69, 9.17) is 5.26 Å². The monoisotopic (exact) mass is 292 g/mol. The van der Waals surface area contributed by atoms with E-state index in [1.807, 2.05) is 11.0 Å². The van der Waals surface area contributed by atoms with E-state index in [1.165, 1.54) is 0 Å². The first-order valence-electron chi connectivity index (χ1n) is 7.78. The second kappa shape index (κ2) is 7.41. The molecule has 2 aliphatic rings. The first kappa shape index (κ1) is 15.8. The van der Waals surface area contributed by atoms with Crippen LogP contribution in [0, 0.1) is 11.3 Å². The van der Waals surface area contributed by atoms with Gasteiger partial charge in [-0.15, -0.1) is 0 Å². The smallest absolute Gasteiger partial charge is 0.234 e. The van der Waals surface area contributed by atoms with Crippen LogP contribution in [0.15, 0.2) is 0 Å². The van der Waals surface area contributed by atoms with Crippen LogP contribution in [0.4, 0.5) is 0 Å². The fourth-order valence-electron chi connectivity index (χ4n) is 3.57. The van der Waals surface area contributed by atoms with E-state index in [0.717, 1.165) is 38.8 Å². The van der Waals surface area contributed by atoms with Crippen molar-refractivity contribution in [3.8, 4) is 6.07 Å². The minimum atomic E-state index is -0.0236. The molecule has 6 nitrogen and oxygen atoms in total. The predicted octanol–water partition coefficient (Wildman–Crippen LogP) is 0.492. The zero-order chi connectivity index (χ0) is 15.2. The van der Waals surface area contributed by atoms with Crippen molar-refractivity contribution in [3.05, 3.63) is 0 Å². The van der Waals surface area contributed by atoms with Crippen LogP contribution in [0.2, 0.25) is 0 Å². The molecule has 2 aliphatic heterocycles. The largest absolute Gasteiger partial charge is 0.354 e. The first-order chi connectivity index (χ1) is 10.1. The number of amides is 2. The number of hydrogen-bond donors (Lipinski definition) is 1. The molecule has 6 heteroatoms. The molecule has 116 valence electrons. The Kier molecular flexibility index (Phi) is 5.57. The Morgan fingerprint density at radius 1 is 1.24 bits per heavy atom. The summed E-state index contributed by atoms with van der Waals surface area (Å²) in [6, 6.07) is 2.58. The van der Waals surface area contributed by atoms with Crippen molar-refractivity contribution in [1.29, 1.82) is 5.26 Å². The van der Waals surface area contributed by atoms with Gasteiger partial charge in [0.15, 0.2) is 0 Å². The molecule has 21 heavy (non-hydrogen) atoms. The molecule has 2 fully saturated rings. The maximum absolute atomic E-state index is 11.9. The average molecular weight is 292 g/mol. The minimum absolute atomic E-state index is 0.0236. The third kappa shape index (κ3) is 3.94. The Hall–Kier alpha value is -1.61. The Labute approximate surface area is 126 Å². The van der Waals surface area contributed by atoms with Gasteiger partial charge >= 0.3 is 0 Å². The molecule has 0 bridgehead atoms. The van der Waals surface area contributed by atoms with Crippen LogP contribution in [0.1, 0.15) is 39.0 Å². The predicted molar refractivity (Wildman–Crippen MR) is 78.2 cm³/mol. The lowest BCUT2D eigenvalue weighted by atomic mass is 10.0. The lowest BCUT2D eigenvalue weighted by Crippen LogP contribution is -2.50. The zero-order valence-corrected chi connectivity index (χ0v) is 12.7. The number of rotatable bonds is 5. The van der Waals surface area contributed by atoms with Gasteiger partial charge in [-0.3, -0.25) is 14.5 Å². The summed E-state index contributed by atoms with van der Waals surface area (Å²) in [4.78, 5) is 27.8. The van der Waals surface area contributed by atoms with Crippen LogP contribution >= 0.6 is 0 Å². The highest BCUT2D eigenvalue weighted by Crippen LogP contribution is 2.29. The summed E-state index contributed by atoms with van der Waals surface area (Å²) >= 11 is 0. The van der Waals surface area contributed by atoms with E-state index in [1.54, 1.807) is 6.92 Å². The summed E-state index contributed by atoms with van der Waals surface area (Å²) in [6.07, 6.45) is 4.58. The summed E-state index contributed by atoms with van der Waals surface area (Å²) < 4.78 is 0. The van der Waals surface area contributed by atoms with Crippen molar-refractivity contribution < 1.29 is 9.59 Å². The molecule has 0 aromatic carbocycles. The first-order valence-corrected chi connectivity index (χ1v) is 7.78. The van der Waals surface area contributed by atoms with Gasteiger partial charge in [0.05, 0.1) is 19.0 Å². The van der Waals surface area contributed by atoms with E-state index in [0.29, 0.717) is 25.6 Å². The fraction of sp³-hybridized carbons (Fsp3) is 0.800. The third-order valence-corrected chi connectivity index (χ3v) is 4.47. The SMILES string of the molecule is CC(=O)N1CCC[C@H]1[C@@H]1CCCN1CC(=O)NCCC#N. The van der Waals surface area contributed by atoms with Gasteiger partial charge in [-0.1, -0.05) is 0 Å². The topological polar surface area (TPSA) is 76.4 Å². The molecule has 2 amide bonds. The number of carbonyl (C=O) groups is 2. The number of hydrogen-bond acceptors (Lipinski definition) is 4. The number of nitrogens with one attached hydrogen (secondary N) is 1. The minimum Gasteiger partial charge on any atom is -0.354 e. The highest BCUT2D eigenvalue weighted by atomic mass is 16.2.